The van der Waals surface area contributed by atoms with Gasteiger partial charge < -0.3 is 9.42 Å². The van der Waals surface area contributed by atoms with Crippen molar-refractivity contribution >= 4 is 17.5 Å². The first kappa shape index (κ1) is 13.0. The maximum absolute atomic E-state index is 12.1. The van der Waals surface area contributed by atoms with Gasteiger partial charge in [0.25, 0.3) is 5.91 Å². The van der Waals surface area contributed by atoms with Crippen LogP contribution in [0, 0.1) is 5.92 Å². The molecule has 0 unspecified atom stereocenters. The summed E-state index contributed by atoms with van der Waals surface area (Å²) in [6.45, 7) is 4.54. The van der Waals surface area contributed by atoms with Crippen LogP contribution in [0.5, 0.6) is 0 Å². The topological polar surface area (TPSA) is 75.8 Å². The third-order valence-electron chi connectivity index (χ3n) is 3.83. The predicted octanol–water partition coefficient (Wildman–Crippen LogP) is 1.63. The Morgan fingerprint density at radius 2 is 2.20 bits per heavy atom. The van der Waals surface area contributed by atoms with Crippen LogP contribution in [0.1, 0.15) is 48.9 Å². The highest BCUT2D eigenvalue weighted by atomic mass is 16.5. The average Bonchev–Trinajstić information content (AvgIpc) is 3.01. The maximum atomic E-state index is 12.1. The summed E-state index contributed by atoms with van der Waals surface area (Å²) in [5.74, 6) is 0.936. The molecule has 2 heterocycles. The van der Waals surface area contributed by atoms with Crippen molar-refractivity contribution in [1.29, 1.82) is 0 Å². The zero-order chi connectivity index (χ0) is 14.3. The van der Waals surface area contributed by atoms with Gasteiger partial charge in [0, 0.05) is 37.1 Å². The molecule has 2 amide bonds. The van der Waals surface area contributed by atoms with E-state index in [0.29, 0.717) is 19.0 Å². The molecule has 1 aliphatic carbocycles. The number of carbonyl (C=O) groups excluding carboxylic acids is 2. The van der Waals surface area contributed by atoms with Crippen molar-refractivity contribution in [2.24, 2.45) is 10.9 Å². The van der Waals surface area contributed by atoms with E-state index < -0.39 is 0 Å². The molecule has 6 nitrogen and oxygen atoms in total. The van der Waals surface area contributed by atoms with E-state index in [1.165, 1.54) is 6.92 Å². The van der Waals surface area contributed by atoms with Crippen molar-refractivity contribution in [3.63, 3.8) is 0 Å². The highest BCUT2D eigenvalue weighted by molar-refractivity contribution is 6.06. The van der Waals surface area contributed by atoms with Crippen LogP contribution in [0.2, 0.25) is 0 Å². The van der Waals surface area contributed by atoms with Gasteiger partial charge in [-0.05, 0) is 12.8 Å². The number of nitrogens with zero attached hydrogens (tertiary/aromatic N) is 3. The lowest BCUT2D eigenvalue weighted by Gasteiger charge is -2.10. The number of carbonyl (C=O) groups is 2. The Kier molecular flexibility index (Phi) is 3.16. The Morgan fingerprint density at radius 1 is 1.45 bits per heavy atom. The minimum Gasteiger partial charge on any atom is -0.360 e. The van der Waals surface area contributed by atoms with E-state index in [4.69, 9.17) is 4.52 Å². The molecule has 0 spiro atoms. The van der Waals surface area contributed by atoms with E-state index in [9.17, 15) is 9.59 Å². The Hall–Kier alpha value is -1.98. The highest BCUT2D eigenvalue weighted by Gasteiger charge is 2.30. The van der Waals surface area contributed by atoms with Crippen molar-refractivity contribution in [3.8, 4) is 0 Å². The quantitative estimate of drug-likeness (QED) is 0.822. The van der Waals surface area contributed by atoms with Gasteiger partial charge in [-0.25, -0.2) is 4.99 Å². The third kappa shape index (κ3) is 2.50. The van der Waals surface area contributed by atoms with E-state index in [1.54, 1.807) is 11.0 Å². The van der Waals surface area contributed by atoms with Gasteiger partial charge in [-0.15, -0.1) is 0 Å². The SMILES string of the molecule is CC(=O)N1CC(=NC(=O)c2cc(C3CC3)on2)[C@H](C)C1. The van der Waals surface area contributed by atoms with Crippen LogP contribution in [0.25, 0.3) is 0 Å². The molecule has 1 saturated heterocycles. The average molecular weight is 275 g/mol. The van der Waals surface area contributed by atoms with Crippen LogP contribution in [-0.4, -0.2) is 40.7 Å². The molecule has 0 aromatic carbocycles. The standard InChI is InChI=1S/C14H17N3O3/c1-8-6-17(9(2)18)7-12(8)15-14(19)11-5-13(20-16-11)10-3-4-10/h5,8,10H,3-4,6-7H2,1-2H3/t8-/m1/s1. The fourth-order valence-corrected chi connectivity index (χ4v) is 2.38. The molecule has 2 aliphatic rings. The molecule has 2 fully saturated rings. The van der Waals surface area contributed by atoms with Crippen LogP contribution < -0.4 is 0 Å². The first-order chi connectivity index (χ1) is 9.54. The molecule has 1 saturated carbocycles. The lowest BCUT2D eigenvalue weighted by Crippen LogP contribution is -2.26. The van der Waals surface area contributed by atoms with Crippen molar-refractivity contribution in [2.75, 3.05) is 13.1 Å². The van der Waals surface area contributed by atoms with Crippen molar-refractivity contribution in [2.45, 2.75) is 32.6 Å². The van der Waals surface area contributed by atoms with Gasteiger partial charge >= 0.3 is 0 Å². The molecule has 20 heavy (non-hydrogen) atoms. The molecule has 6 heteroatoms. The molecule has 1 aromatic rings. The van der Waals surface area contributed by atoms with E-state index in [1.807, 2.05) is 6.92 Å². The molecule has 0 bridgehead atoms. The summed E-state index contributed by atoms with van der Waals surface area (Å²) in [6.07, 6.45) is 2.20. The Labute approximate surface area is 116 Å². The number of aromatic nitrogens is 1. The fraction of sp³-hybridized carbons (Fsp3) is 0.571. The van der Waals surface area contributed by atoms with Crippen molar-refractivity contribution in [1.82, 2.24) is 10.1 Å². The molecule has 106 valence electrons. The number of hydrogen-bond acceptors (Lipinski definition) is 4. The van der Waals surface area contributed by atoms with Gasteiger partial charge in [0.15, 0.2) is 5.69 Å². The van der Waals surface area contributed by atoms with Crippen molar-refractivity contribution in [3.05, 3.63) is 17.5 Å². The molecule has 0 radical (unpaired) electrons. The lowest BCUT2D eigenvalue weighted by atomic mass is 10.1. The molecule has 1 aromatic heterocycles. The van der Waals surface area contributed by atoms with Gasteiger partial charge in [0.1, 0.15) is 5.76 Å². The van der Waals surface area contributed by atoms with Crippen LogP contribution in [0.15, 0.2) is 15.6 Å². The van der Waals surface area contributed by atoms with E-state index in [2.05, 4.69) is 10.1 Å². The van der Waals surface area contributed by atoms with Gasteiger partial charge in [0.2, 0.25) is 5.91 Å². The van der Waals surface area contributed by atoms with Crippen molar-refractivity contribution < 1.29 is 14.1 Å². The minimum atomic E-state index is -0.382. The largest absolute Gasteiger partial charge is 0.360 e. The summed E-state index contributed by atoms with van der Waals surface area (Å²) in [4.78, 5) is 29.2. The first-order valence-corrected chi connectivity index (χ1v) is 6.88. The molecule has 1 aliphatic heterocycles. The predicted molar refractivity (Wildman–Crippen MR) is 71.7 cm³/mol. The van der Waals surface area contributed by atoms with Gasteiger partial charge in [-0.1, -0.05) is 12.1 Å². The zero-order valence-corrected chi connectivity index (χ0v) is 11.6. The Balaban J connectivity index is 1.73. The maximum Gasteiger partial charge on any atom is 0.299 e. The monoisotopic (exact) mass is 275 g/mol. The van der Waals surface area contributed by atoms with Gasteiger partial charge in [-0.3, -0.25) is 9.59 Å². The Morgan fingerprint density at radius 3 is 2.80 bits per heavy atom. The minimum absolute atomic E-state index is 0.00644. The zero-order valence-electron chi connectivity index (χ0n) is 11.6. The number of likely N-dealkylation sites (tertiary alicyclic amines) is 1. The van der Waals surface area contributed by atoms with E-state index in [-0.39, 0.29) is 23.4 Å². The lowest BCUT2D eigenvalue weighted by molar-refractivity contribution is -0.127. The summed E-state index contributed by atoms with van der Waals surface area (Å²) in [5, 5.41) is 3.79. The second-order valence-electron chi connectivity index (χ2n) is 5.60. The summed E-state index contributed by atoms with van der Waals surface area (Å²) >= 11 is 0. The molecular formula is C14H17N3O3. The van der Waals surface area contributed by atoms with E-state index in [0.717, 1.165) is 24.3 Å². The summed E-state index contributed by atoms with van der Waals surface area (Å²) in [5.41, 5.74) is 0.994. The number of hydrogen-bond donors (Lipinski definition) is 0. The second kappa shape index (κ2) is 4.85. The number of rotatable bonds is 2. The van der Waals surface area contributed by atoms with Crippen LogP contribution in [-0.2, 0) is 4.79 Å². The first-order valence-electron chi connectivity index (χ1n) is 6.88. The highest BCUT2D eigenvalue weighted by Crippen LogP contribution is 2.40. The molecule has 1 atom stereocenters. The van der Waals surface area contributed by atoms with E-state index >= 15 is 0 Å². The fourth-order valence-electron chi connectivity index (χ4n) is 2.38. The van der Waals surface area contributed by atoms with Crippen LogP contribution >= 0.6 is 0 Å². The molecule has 0 N–H and O–H groups in total. The van der Waals surface area contributed by atoms with Gasteiger partial charge in [-0.2, -0.15) is 0 Å². The second-order valence-corrected chi connectivity index (χ2v) is 5.60. The third-order valence-corrected chi connectivity index (χ3v) is 3.83. The molecular weight excluding hydrogens is 258 g/mol. The Bertz CT molecular complexity index is 586. The van der Waals surface area contributed by atoms with Crippen LogP contribution in [0.3, 0.4) is 0 Å². The number of aliphatic imine (C=N–C) groups is 1. The van der Waals surface area contributed by atoms with Crippen LogP contribution in [0.4, 0.5) is 0 Å². The molecule has 3 rings (SSSR count). The smallest absolute Gasteiger partial charge is 0.299 e. The summed E-state index contributed by atoms with van der Waals surface area (Å²) in [6, 6.07) is 1.69. The van der Waals surface area contributed by atoms with Gasteiger partial charge in [0.05, 0.1) is 6.54 Å². The number of amides is 2. The summed E-state index contributed by atoms with van der Waals surface area (Å²) < 4.78 is 5.16. The normalized spacial score (nSPS) is 24.4. The summed E-state index contributed by atoms with van der Waals surface area (Å²) in [7, 11) is 0.